The molecule has 3 fully saturated rings. The van der Waals surface area contributed by atoms with Crippen LogP contribution in [0.1, 0.15) is 60.0 Å². The fraction of sp³-hybridized carbons (Fsp3) is 0.375. The zero-order chi connectivity index (χ0) is 37.2. The van der Waals surface area contributed by atoms with Gasteiger partial charge in [-0.1, -0.05) is 12.6 Å². The van der Waals surface area contributed by atoms with E-state index in [0.717, 1.165) is 69.8 Å². The van der Waals surface area contributed by atoms with E-state index in [1.54, 1.807) is 38.4 Å². The fourth-order valence-electron chi connectivity index (χ4n) is 7.33. The molecule has 0 radical (unpaired) electrons. The van der Waals surface area contributed by atoms with Gasteiger partial charge in [-0.3, -0.25) is 19.3 Å². The summed E-state index contributed by atoms with van der Waals surface area (Å²) in [7, 11) is 1.63. The molecule has 53 heavy (non-hydrogen) atoms. The van der Waals surface area contributed by atoms with Gasteiger partial charge in [-0.2, -0.15) is 0 Å². The van der Waals surface area contributed by atoms with E-state index >= 15 is 0 Å². The van der Waals surface area contributed by atoms with Crippen molar-refractivity contribution < 1.29 is 18.7 Å². The minimum atomic E-state index is -0.605. The monoisotopic (exact) mass is 720 g/mol. The van der Waals surface area contributed by atoms with Crippen molar-refractivity contribution in [1.82, 2.24) is 19.4 Å². The van der Waals surface area contributed by atoms with Gasteiger partial charge < -0.3 is 30.2 Å². The van der Waals surface area contributed by atoms with Crippen LogP contribution in [-0.4, -0.2) is 76.2 Å². The number of hydrogen-bond acceptors (Lipinski definition) is 9. The summed E-state index contributed by atoms with van der Waals surface area (Å²) in [6.45, 7) is 11.8. The smallest absolute Gasteiger partial charge is 0.293 e. The number of piperazine rings is 1. The molecule has 0 unspecified atom stereocenters. The summed E-state index contributed by atoms with van der Waals surface area (Å²) < 4.78 is 21.9. The zero-order valence-electron chi connectivity index (χ0n) is 30.3. The van der Waals surface area contributed by atoms with Crippen LogP contribution in [0.4, 0.5) is 33.1 Å². The van der Waals surface area contributed by atoms with Crippen LogP contribution < -0.4 is 26.4 Å². The predicted molar refractivity (Wildman–Crippen MR) is 205 cm³/mol. The number of amides is 2. The van der Waals surface area contributed by atoms with Gasteiger partial charge in [0.05, 0.1) is 22.6 Å². The molecule has 3 aliphatic rings. The summed E-state index contributed by atoms with van der Waals surface area (Å²) in [6, 6.07) is 12.8. The van der Waals surface area contributed by atoms with Crippen LogP contribution in [0.2, 0.25) is 0 Å². The maximum atomic E-state index is 14.9. The van der Waals surface area contributed by atoms with Gasteiger partial charge in [-0.15, -0.1) is 0 Å². The molecule has 2 saturated heterocycles. The average molecular weight is 721 g/mol. The number of carbonyl (C=O) groups is 2. The van der Waals surface area contributed by atoms with E-state index in [1.165, 1.54) is 29.0 Å². The molecule has 1 atom stereocenters. The molecule has 2 aromatic heterocycles. The third-order valence-corrected chi connectivity index (χ3v) is 10.4. The SMILES string of the molecule is C=CC(=O)Nc1cc(Nc2nc(-c3ccnc(NC(=O)c4ccc(C5CC5)cc4F)c3C)cn(C)c2=O)ccc1N1CCN(C2CCOCC2)C[C@@H]1C. The second-order valence-corrected chi connectivity index (χ2v) is 14.1. The molecule has 1 saturated carbocycles. The number of halogens is 1. The van der Waals surface area contributed by atoms with E-state index < -0.39 is 11.7 Å². The van der Waals surface area contributed by atoms with E-state index in [-0.39, 0.29) is 34.7 Å². The van der Waals surface area contributed by atoms with E-state index in [4.69, 9.17) is 9.72 Å². The summed E-state index contributed by atoms with van der Waals surface area (Å²) in [5.41, 5.74) is 4.17. The minimum absolute atomic E-state index is 0.0610. The van der Waals surface area contributed by atoms with Crippen LogP contribution in [0.5, 0.6) is 0 Å². The third-order valence-electron chi connectivity index (χ3n) is 10.4. The van der Waals surface area contributed by atoms with Crippen molar-refractivity contribution >= 4 is 40.5 Å². The van der Waals surface area contributed by atoms with E-state index in [1.807, 2.05) is 12.1 Å². The molecular weight excluding hydrogens is 675 g/mol. The number of hydrogen-bond donors (Lipinski definition) is 3. The van der Waals surface area contributed by atoms with Gasteiger partial charge in [0, 0.05) is 81.2 Å². The van der Waals surface area contributed by atoms with Crippen LogP contribution in [0, 0.1) is 12.7 Å². The first-order chi connectivity index (χ1) is 25.6. The molecule has 0 spiro atoms. The molecule has 2 aromatic carbocycles. The molecule has 13 heteroatoms. The van der Waals surface area contributed by atoms with Crippen LogP contribution in [0.25, 0.3) is 11.3 Å². The number of pyridine rings is 1. The Kier molecular flexibility index (Phi) is 10.4. The topological polar surface area (TPSA) is 134 Å². The Morgan fingerprint density at radius 2 is 1.81 bits per heavy atom. The number of benzene rings is 2. The molecule has 4 heterocycles. The maximum absolute atomic E-state index is 14.9. The number of nitrogens with one attached hydrogen (secondary N) is 3. The number of carbonyl (C=O) groups excluding carboxylic acids is 2. The first-order valence-corrected chi connectivity index (χ1v) is 18.2. The largest absolute Gasteiger partial charge is 0.381 e. The molecule has 12 nitrogen and oxygen atoms in total. The van der Waals surface area contributed by atoms with Gasteiger partial charge in [0.15, 0.2) is 5.82 Å². The van der Waals surface area contributed by atoms with Crippen LogP contribution >= 0.6 is 0 Å². The number of aromatic nitrogens is 3. The van der Waals surface area contributed by atoms with Crippen molar-refractivity contribution in [2.24, 2.45) is 7.05 Å². The van der Waals surface area contributed by atoms with Gasteiger partial charge in [-0.05, 0) is 93.5 Å². The Hall–Kier alpha value is -5.40. The van der Waals surface area contributed by atoms with Gasteiger partial charge in [0.2, 0.25) is 5.91 Å². The summed E-state index contributed by atoms with van der Waals surface area (Å²) >= 11 is 0. The summed E-state index contributed by atoms with van der Waals surface area (Å²) in [6.07, 6.45) is 8.51. The van der Waals surface area contributed by atoms with Crippen molar-refractivity contribution in [2.75, 3.05) is 53.7 Å². The normalized spacial score (nSPS) is 18.0. The van der Waals surface area contributed by atoms with Gasteiger partial charge in [-0.25, -0.2) is 14.4 Å². The predicted octanol–water partition coefficient (Wildman–Crippen LogP) is 5.98. The lowest BCUT2D eigenvalue weighted by molar-refractivity contribution is -0.111. The lowest BCUT2D eigenvalue weighted by Crippen LogP contribution is -2.56. The molecule has 0 bridgehead atoms. The second kappa shape index (κ2) is 15.3. The third kappa shape index (κ3) is 7.86. The first-order valence-electron chi connectivity index (χ1n) is 18.2. The number of anilines is 5. The molecule has 3 N–H and O–H groups in total. The average Bonchev–Trinajstić information content (AvgIpc) is 4.01. The number of nitrogens with zero attached hydrogens (tertiary/aromatic N) is 5. The van der Waals surface area contributed by atoms with Crippen LogP contribution in [0.3, 0.4) is 0 Å². The Balaban J connectivity index is 1.12. The van der Waals surface area contributed by atoms with Crippen molar-refractivity contribution in [3.63, 3.8) is 0 Å². The van der Waals surface area contributed by atoms with Crippen LogP contribution in [-0.2, 0) is 16.6 Å². The summed E-state index contributed by atoms with van der Waals surface area (Å²) in [5, 5.41) is 8.88. The van der Waals surface area contributed by atoms with Crippen molar-refractivity contribution in [3.8, 4) is 11.3 Å². The van der Waals surface area contributed by atoms with Gasteiger partial charge in [0.1, 0.15) is 11.6 Å². The second-order valence-electron chi connectivity index (χ2n) is 14.1. The molecule has 7 rings (SSSR count). The Labute approximate surface area is 308 Å². The first kappa shape index (κ1) is 36.0. The van der Waals surface area contributed by atoms with E-state index in [2.05, 4.69) is 44.2 Å². The standard InChI is InChI=1S/C40H45FN8O4/c1-5-36(50)44-33-21-28(9-11-35(33)49-17-16-48(22-24(49)2)29-13-18-53-19-14-29)43-38-40(52)47(4)23-34(45-38)30-12-15-42-37(25(30)3)46-39(51)31-10-8-27(20-32(31)41)26-6-7-26/h5,8-12,15,20-21,23-24,26,29H,1,6-7,13-14,16-19,22H2,2-4H3,(H,43,45)(H,44,50)(H,42,46,51)/t24-/m0/s1. The lowest BCUT2D eigenvalue weighted by Gasteiger charge is -2.45. The number of rotatable bonds is 10. The number of aryl methyl sites for hydroxylation is 1. The zero-order valence-corrected chi connectivity index (χ0v) is 30.3. The number of ether oxygens (including phenoxy) is 1. The Morgan fingerprint density at radius 1 is 1.02 bits per heavy atom. The molecule has 2 amide bonds. The lowest BCUT2D eigenvalue weighted by atomic mass is 10.0. The van der Waals surface area contributed by atoms with Gasteiger partial charge >= 0.3 is 0 Å². The van der Waals surface area contributed by atoms with Crippen molar-refractivity contribution in [2.45, 2.75) is 57.5 Å². The molecule has 1 aliphatic carbocycles. The Morgan fingerprint density at radius 3 is 2.53 bits per heavy atom. The summed E-state index contributed by atoms with van der Waals surface area (Å²) in [5.74, 6) is -0.831. The highest BCUT2D eigenvalue weighted by molar-refractivity contribution is 6.05. The van der Waals surface area contributed by atoms with Crippen LogP contribution in [0.15, 0.2) is 72.3 Å². The quantitative estimate of drug-likeness (QED) is 0.169. The van der Waals surface area contributed by atoms with Crippen molar-refractivity contribution in [3.05, 3.63) is 100 Å². The maximum Gasteiger partial charge on any atom is 0.293 e. The highest BCUT2D eigenvalue weighted by Crippen LogP contribution is 2.40. The van der Waals surface area contributed by atoms with E-state index in [9.17, 15) is 18.8 Å². The Bertz CT molecular complexity index is 2110. The molecule has 4 aromatic rings. The summed E-state index contributed by atoms with van der Waals surface area (Å²) in [4.78, 5) is 53.0. The van der Waals surface area contributed by atoms with Gasteiger partial charge in [0.25, 0.3) is 11.5 Å². The highest BCUT2D eigenvalue weighted by atomic mass is 19.1. The molecule has 2 aliphatic heterocycles. The molecular formula is C40H45FN8O4. The van der Waals surface area contributed by atoms with E-state index in [0.29, 0.717) is 40.2 Å². The van der Waals surface area contributed by atoms with Crippen molar-refractivity contribution in [1.29, 1.82) is 0 Å². The minimum Gasteiger partial charge on any atom is -0.381 e. The molecule has 276 valence electrons. The highest BCUT2D eigenvalue weighted by Gasteiger charge is 2.31. The fourth-order valence-corrected chi connectivity index (χ4v) is 7.33.